The smallest absolute Gasteiger partial charge is 1.00 e. The maximum absolute atomic E-state index is 11.5. The Morgan fingerprint density at radius 2 is 1.61 bits per heavy atom. The molecule has 0 saturated heterocycles. The molecule has 0 fully saturated rings. The van der Waals surface area contributed by atoms with E-state index in [2.05, 4.69) is 29.9 Å². The van der Waals surface area contributed by atoms with Gasteiger partial charge in [0.05, 0.1) is 9.79 Å². The Morgan fingerprint density at radius 1 is 1.03 bits per heavy atom. The number of imidazole rings is 1. The first-order valence-corrected chi connectivity index (χ1v) is 13.2. The molecule has 0 amide bonds. The van der Waals surface area contributed by atoms with Crippen molar-refractivity contribution in [3.05, 3.63) is 47.1 Å². The largest absolute Gasteiger partial charge is 1.00 e. The number of rotatable bonds is 4. The number of phenols is 1. The minimum Gasteiger partial charge on any atom is 1.00 e. The van der Waals surface area contributed by atoms with Crippen LogP contribution in [0.25, 0.3) is 20.5 Å². The molecular formula is C15H8Cl2N6Na2NiO8S2. The van der Waals surface area contributed by atoms with Crippen molar-refractivity contribution in [3.63, 3.8) is 0 Å². The minimum atomic E-state index is -5.22. The molecule has 1 aromatic heterocycles. The van der Waals surface area contributed by atoms with Crippen molar-refractivity contribution in [2.45, 2.75) is 9.79 Å². The molecule has 3 rings (SSSR count). The predicted molar refractivity (Wildman–Crippen MR) is 112 cm³/mol. The van der Waals surface area contributed by atoms with Crippen LogP contribution < -0.4 is 59.1 Å². The Labute approximate surface area is 262 Å². The van der Waals surface area contributed by atoms with Crippen LogP contribution in [0.2, 0.25) is 0 Å². The molecule has 36 heavy (non-hydrogen) atoms. The van der Waals surface area contributed by atoms with Gasteiger partial charge in [0.15, 0.2) is 5.75 Å². The van der Waals surface area contributed by atoms with Crippen molar-refractivity contribution in [1.82, 2.24) is 9.97 Å². The van der Waals surface area contributed by atoms with Gasteiger partial charge < -0.3 is 29.4 Å². The predicted octanol–water partition coefficient (Wildman–Crippen LogP) is -2.85. The SMILES string of the molecule is O.[C-]#[N+]c1nc(N=Nc2c(O)c(S(=O)(=O)[O-])cc3cc(S(=O)(=O)[O-])ccc23)[nH]c1[N+]#[C-].[Cl][Ni][Cl].[Na+].[Na+]. The summed E-state index contributed by atoms with van der Waals surface area (Å²) in [6.07, 6.45) is 0. The van der Waals surface area contributed by atoms with Crippen molar-refractivity contribution in [1.29, 1.82) is 0 Å². The Morgan fingerprint density at radius 3 is 2.06 bits per heavy atom. The van der Waals surface area contributed by atoms with Crippen LogP contribution in [0.3, 0.4) is 0 Å². The van der Waals surface area contributed by atoms with E-state index in [0.717, 1.165) is 18.2 Å². The number of aromatic amines is 1. The molecule has 0 aliphatic heterocycles. The fraction of sp³-hybridized carbons (Fsp3) is 0. The van der Waals surface area contributed by atoms with Crippen LogP contribution in [0.1, 0.15) is 0 Å². The van der Waals surface area contributed by atoms with Gasteiger partial charge in [0, 0.05) is 5.39 Å². The van der Waals surface area contributed by atoms with Gasteiger partial charge in [-0.1, -0.05) is 29.3 Å². The number of aromatic nitrogens is 2. The quantitative estimate of drug-likeness (QED) is 0.130. The summed E-state index contributed by atoms with van der Waals surface area (Å²) in [6, 6.07) is 3.47. The third-order valence-electron chi connectivity index (χ3n) is 3.70. The molecule has 0 bridgehead atoms. The van der Waals surface area contributed by atoms with Gasteiger partial charge in [-0.3, -0.25) is 4.98 Å². The number of hydrogen-bond donors (Lipinski definition) is 2. The fourth-order valence-electron chi connectivity index (χ4n) is 2.42. The van der Waals surface area contributed by atoms with Crippen molar-refractivity contribution in [2.24, 2.45) is 10.2 Å². The van der Waals surface area contributed by atoms with Gasteiger partial charge in [0.25, 0.3) is 11.6 Å². The van der Waals surface area contributed by atoms with Crippen molar-refractivity contribution in [3.8, 4) is 5.75 Å². The third kappa shape index (κ3) is 9.16. The molecule has 3 aromatic rings. The second-order valence-corrected chi connectivity index (χ2v) is 9.92. The number of fused-ring (bicyclic) bond motifs is 1. The number of halogens is 2. The molecule has 0 spiro atoms. The first-order chi connectivity index (χ1) is 15.4. The van der Waals surface area contributed by atoms with Crippen LogP contribution in [0, 0.1) is 13.1 Å². The number of H-pyrrole nitrogens is 1. The third-order valence-corrected chi connectivity index (χ3v) is 5.38. The molecule has 14 nitrogen and oxygen atoms in total. The molecule has 21 heteroatoms. The molecule has 4 N–H and O–H groups in total. The van der Waals surface area contributed by atoms with Gasteiger partial charge in [0.1, 0.15) is 25.9 Å². The Balaban J connectivity index is 0. The summed E-state index contributed by atoms with van der Waals surface area (Å²) in [5.41, 5.74) is -0.540. The molecule has 0 atom stereocenters. The second-order valence-electron chi connectivity index (χ2n) is 5.56. The summed E-state index contributed by atoms with van der Waals surface area (Å²) in [5, 5.41) is 17.2. The van der Waals surface area contributed by atoms with Crippen LogP contribution in [-0.2, 0) is 32.9 Å². The standard InChI is InChI=1S/C15H8N6O7S2.2ClH.2Na.Ni.H2O/c1-16-13-14(17-2)19-15(18-13)21-20-11-9-4-3-8(29(23,24)25)5-7(9)6-10(12(11)22)30(26,27)28;;;;;;/h3-6,22H,(H,18,19)(H,23,24,25)(H,26,27,28);2*1H;;;;1H2/q;;;2*+1;+2;/p-4. The van der Waals surface area contributed by atoms with E-state index in [1.807, 2.05) is 0 Å². The van der Waals surface area contributed by atoms with Crippen LogP contribution in [-0.4, -0.2) is 46.5 Å². The summed E-state index contributed by atoms with van der Waals surface area (Å²) < 4.78 is 68.1. The number of azo groups is 1. The number of benzene rings is 2. The van der Waals surface area contributed by atoms with E-state index in [1.165, 1.54) is 0 Å². The molecule has 184 valence electrons. The fourth-order valence-corrected chi connectivity index (χ4v) is 3.53. The van der Waals surface area contributed by atoms with Gasteiger partial charge >= 0.3 is 98.1 Å². The summed E-state index contributed by atoms with van der Waals surface area (Å²) in [7, 11) is -0.713. The van der Waals surface area contributed by atoms with Gasteiger partial charge in [-0.05, 0) is 23.6 Å². The number of phenolic OH excluding ortho intramolecular Hbond substituents is 1. The van der Waals surface area contributed by atoms with Crippen molar-refractivity contribution in [2.75, 3.05) is 0 Å². The van der Waals surface area contributed by atoms with Crippen LogP contribution >= 0.6 is 20.4 Å². The summed E-state index contributed by atoms with van der Waals surface area (Å²) in [4.78, 5) is 10.3. The van der Waals surface area contributed by atoms with Gasteiger partial charge in [0.2, 0.25) is 0 Å². The maximum Gasteiger partial charge on any atom is 1.00 e. The van der Waals surface area contributed by atoms with Crippen LogP contribution in [0.5, 0.6) is 5.75 Å². The van der Waals surface area contributed by atoms with Crippen molar-refractivity contribution < 1.29 is 108 Å². The molecule has 0 aliphatic carbocycles. The average molecular weight is 640 g/mol. The first-order valence-electron chi connectivity index (χ1n) is 7.68. The van der Waals surface area contributed by atoms with E-state index in [4.69, 9.17) is 33.5 Å². The van der Waals surface area contributed by atoms with Crippen LogP contribution in [0.15, 0.2) is 44.3 Å². The van der Waals surface area contributed by atoms with E-state index in [9.17, 15) is 31.0 Å². The Hall–Kier alpha value is -0.856. The van der Waals surface area contributed by atoms with E-state index >= 15 is 0 Å². The van der Waals surface area contributed by atoms with E-state index in [1.54, 1.807) is 0 Å². The molecule has 0 aliphatic rings. The molecule has 1 heterocycles. The summed E-state index contributed by atoms with van der Waals surface area (Å²) in [5.74, 6) is -1.92. The zero-order valence-corrected chi connectivity index (χ0v) is 26.0. The van der Waals surface area contributed by atoms with Crippen molar-refractivity contribution >= 4 is 74.7 Å². The first kappa shape index (κ1) is 37.3. The molecule has 2 aromatic carbocycles. The summed E-state index contributed by atoms with van der Waals surface area (Å²) in [6.45, 7) is 13.8. The zero-order valence-electron chi connectivity index (χ0n) is 17.8. The van der Waals surface area contributed by atoms with E-state index < -0.39 is 41.5 Å². The normalized spacial score (nSPS) is 10.7. The molecular weight excluding hydrogens is 632 g/mol. The maximum atomic E-state index is 11.5. The second kappa shape index (κ2) is 15.5. The average Bonchev–Trinajstić information content (AvgIpc) is 3.14. The van der Waals surface area contributed by atoms with E-state index in [-0.39, 0.29) is 92.9 Å². The zero-order chi connectivity index (χ0) is 25.0. The minimum absolute atomic E-state index is 0. The monoisotopic (exact) mass is 638 g/mol. The summed E-state index contributed by atoms with van der Waals surface area (Å²) >= 11 is 0.569. The number of nitrogens with one attached hydrogen (secondary N) is 1. The van der Waals surface area contributed by atoms with Gasteiger partial charge in [-0.2, -0.15) is 0 Å². The van der Waals surface area contributed by atoms with Gasteiger partial charge in [-0.25, -0.2) is 16.8 Å². The van der Waals surface area contributed by atoms with Crippen LogP contribution in [0.4, 0.5) is 23.3 Å². The van der Waals surface area contributed by atoms with Gasteiger partial charge in [-0.15, -0.1) is 5.11 Å². The number of nitrogens with zero attached hydrogens (tertiary/aromatic N) is 5. The Bertz CT molecular complexity index is 1540. The molecule has 0 saturated carbocycles. The molecule has 0 radical (unpaired) electrons. The number of hydrogen-bond acceptors (Lipinski definition) is 10. The molecule has 0 unspecified atom stereocenters. The number of aromatic hydroxyl groups is 1. The van der Waals surface area contributed by atoms with E-state index in [0.29, 0.717) is 18.7 Å². The Kier molecular flexibility index (Phi) is 16.1. The topological polar surface area (TPSA) is 228 Å².